The fraction of sp³-hybridized carbons (Fsp3) is 0.444. The Hall–Kier alpha value is -2.10. The number of benzene rings is 1. The first-order valence-electron chi connectivity index (χ1n) is 9.21. The lowest BCUT2D eigenvalue weighted by Crippen LogP contribution is -2.32. The van der Waals surface area contributed by atoms with Crippen molar-refractivity contribution in [1.29, 1.82) is 0 Å². The second kappa shape index (κ2) is 8.50. The summed E-state index contributed by atoms with van der Waals surface area (Å²) >= 11 is 0. The third-order valence-corrected chi connectivity index (χ3v) is 6.85. The third-order valence-electron chi connectivity index (χ3n) is 4.98. The van der Waals surface area contributed by atoms with Crippen LogP contribution >= 0.6 is 12.4 Å². The van der Waals surface area contributed by atoms with Gasteiger partial charge in [-0.15, -0.1) is 12.4 Å². The van der Waals surface area contributed by atoms with Crippen molar-refractivity contribution >= 4 is 39.7 Å². The Morgan fingerprint density at radius 2 is 2.11 bits per heavy atom. The van der Waals surface area contributed by atoms with E-state index in [0.717, 1.165) is 25.9 Å². The summed E-state index contributed by atoms with van der Waals surface area (Å²) in [7, 11) is -3.25. The summed E-state index contributed by atoms with van der Waals surface area (Å²) in [6.45, 7) is 2.35. The number of aromatic nitrogens is 2. The Labute approximate surface area is 170 Å². The minimum atomic E-state index is -3.25. The molecule has 2 aliphatic heterocycles. The van der Waals surface area contributed by atoms with E-state index in [1.165, 1.54) is 4.31 Å². The van der Waals surface area contributed by atoms with Gasteiger partial charge in [0.05, 0.1) is 17.5 Å². The number of rotatable bonds is 4. The van der Waals surface area contributed by atoms with Crippen molar-refractivity contribution in [3.05, 3.63) is 42.2 Å². The largest absolute Gasteiger partial charge is 0.321 e. The topological polar surface area (TPSA) is 96.3 Å². The standard InChI is InChI=1S/C18H23N5O3S.ClH/c24-18(17-7-10-22(21-17)16-6-2-8-19-13-16)20-14-4-1-5-15(12-14)23-9-3-11-27(23,25)26;/h1,4-5,7,10,12,16,19H,2-3,6,8-9,11,13H2,(H,20,24);1H. The van der Waals surface area contributed by atoms with Crippen LogP contribution in [0.1, 0.15) is 35.8 Å². The highest BCUT2D eigenvalue weighted by molar-refractivity contribution is 7.93. The van der Waals surface area contributed by atoms with E-state index in [0.29, 0.717) is 30.0 Å². The van der Waals surface area contributed by atoms with Crippen LogP contribution in [-0.2, 0) is 10.0 Å². The Balaban J connectivity index is 0.00000225. The van der Waals surface area contributed by atoms with E-state index >= 15 is 0 Å². The molecule has 0 saturated carbocycles. The number of halogens is 1. The molecule has 0 aliphatic carbocycles. The lowest BCUT2D eigenvalue weighted by Gasteiger charge is -2.22. The van der Waals surface area contributed by atoms with Gasteiger partial charge in [0.25, 0.3) is 5.91 Å². The summed E-state index contributed by atoms with van der Waals surface area (Å²) in [4.78, 5) is 12.5. The van der Waals surface area contributed by atoms with Gasteiger partial charge in [0.2, 0.25) is 10.0 Å². The van der Waals surface area contributed by atoms with E-state index in [2.05, 4.69) is 15.7 Å². The molecule has 2 saturated heterocycles. The molecule has 2 aromatic rings. The van der Waals surface area contributed by atoms with Gasteiger partial charge in [-0.05, 0) is 50.1 Å². The van der Waals surface area contributed by atoms with Crippen LogP contribution in [0.2, 0.25) is 0 Å². The summed E-state index contributed by atoms with van der Waals surface area (Å²) in [5, 5.41) is 10.6. The van der Waals surface area contributed by atoms with Crippen LogP contribution in [0, 0.1) is 0 Å². The van der Waals surface area contributed by atoms with Gasteiger partial charge in [0.15, 0.2) is 5.69 Å². The summed E-state index contributed by atoms with van der Waals surface area (Å²) in [6, 6.07) is 8.88. The molecule has 2 fully saturated rings. The van der Waals surface area contributed by atoms with Crippen LogP contribution in [-0.4, -0.2) is 49.5 Å². The van der Waals surface area contributed by atoms with Crippen LogP contribution in [0.3, 0.4) is 0 Å². The third kappa shape index (κ3) is 4.31. The molecular weight excluding hydrogens is 402 g/mol. The molecule has 1 aromatic carbocycles. The summed E-state index contributed by atoms with van der Waals surface area (Å²) in [5.74, 6) is -0.143. The molecule has 2 aliphatic rings. The highest BCUT2D eigenvalue weighted by Crippen LogP contribution is 2.26. The Kier molecular flexibility index (Phi) is 6.26. The quantitative estimate of drug-likeness (QED) is 0.781. The fourth-order valence-electron chi connectivity index (χ4n) is 3.59. The minimum absolute atomic E-state index is 0. The van der Waals surface area contributed by atoms with Gasteiger partial charge >= 0.3 is 0 Å². The van der Waals surface area contributed by atoms with Crippen molar-refractivity contribution in [3.63, 3.8) is 0 Å². The van der Waals surface area contributed by atoms with Crippen LogP contribution in [0.4, 0.5) is 11.4 Å². The van der Waals surface area contributed by atoms with E-state index in [1.54, 1.807) is 30.3 Å². The average Bonchev–Trinajstić information content (AvgIpc) is 3.29. The van der Waals surface area contributed by atoms with Gasteiger partial charge < -0.3 is 10.6 Å². The van der Waals surface area contributed by atoms with Crippen LogP contribution in [0.25, 0.3) is 0 Å². The second-order valence-corrected chi connectivity index (χ2v) is 8.94. The van der Waals surface area contributed by atoms with Gasteiger partial charge in [-0.25, -0.2) is 8.42 Å². The molecule has 28 heavy (non-hydrogen) atoms. The first-order chi connectivity index (χ1) is 13.0. The number of nitrogens with zero attached hydrogens (tertiary/aromatic N) is 3. The van der Waals surface area contributed by atoms with E-state index in [1.807, 2.05) is 10.9 Å². The molecule has 4 rings (SSSR count). The van der Waals surface area contributed by atoms with Crippen molar-refractivity contribution in [2.75, 3.05) is 35.0 Å². The minimum Gasteiger partial charge on any atom is -0.321 e. The van der Waals surface area contributed by atoms with Crippen molar-refractivity contribution < 1.29 is 13.2 Å². The number of carbonyl (C=O) groups excluding carboxylic acids is 1. The Morgan fingerprint density at radius 1 is 1.25 bits per heavy atom. The number of sulfonamides is 1. The van der Waals surface area contributed by atoms with E-state index in [-0.39, 0.29) is 30.1 Å². The first kappa shape index (κ1) is 20.6. The lowest BCUT2D eigenvalue weighted by molar-refractivity contribution is 0.102. The van der Waals surface area contributed by atoms with Gasteiger partial charge in [-0.3, -0.25) is 13.8 Å². The van der Waals surface area contributed by atoms with Crippen LogP contribution < -0.4 is 14.9 Å². The molecule has 0 spiro atoms. The van der Waals surface area contributed by atoms with Crippen LogP contribution in [0.5, 0.6) is 0 Å². The second-order valence-electron chi connectivity index (χ2n) is 6.93. The lowest BCUT2D eigenvalue weighted by atomic mass is 10.1. The predicted molar refractivity (Wildman–Crippen MR) is 111 cm³/mol. The molecule has 1 aromatic heterocycles. The SMILES string of the molecule is Cl.O=C(Nc1cccc(N2CCCS2(=O)=O)c1)c1ccn(C2CCCNC2)n1. The predicted octanol–water partition coefficient (Wildman–Crippen LogP) is 2.02. The molecule has 1 amide bonds. The van der Waals surface area contributed by atoms with Gasteiger partial charge in [-0.2, -0.15) is 5.10 Å². The number of piperidine rings is 1. The molecule has 0 bridgehead atoms. The van der Waals surface area contributed by atoms with Crippen molar-refractivity contribution in [1.82, 2.24) is 15.1 Å². The van der Waals surface area contributed by atoms with E-state index in [4.69, 9.17) is 0 Å². The smallest absolute Gasteiger partial charge is 0.276 e. The normalized spacial score (nSPS) is 21.1. The summed E-state index contributed by atoms with van der Waals surface area (Å²) < 4.78 is 27.4. The van der Waals surface area contributed by atoms with E-state index < -0.39 is 10.0 Å². The molecule has 0 radical (unpaired) electrons. The van der Waals surface area contributed by atoms with Crippen molar-refractivity contribution in [3.8, 4) is 0 Å². The van der Waals surface area contributed by atoms with Gasteiger partial charge in [0, 0.05) is 25.0 Å². The maximum Gasteiger partial charge on any atom is 0.276 e. The fourth-order valence-corrected chi connectivity index (χ4v) is 5.14. The molecular formula is C18H24ClN5O3S. The van der Waals surface area contributed by atoms with Gasteiger partial charge in [-0.1, -0.05) is 6.07 Å². The summed E-state index contributed by atoms with van der Waals surface area (Å²) in [6.07, 6.45) is 4.59. The molecule has 1 unspecified atom stereocenters. The average molecular weight is 426 g/mol. The number of carbonyl (C=O) groups is 1. The molecule has 3 heterocycles. The van der Waals surface area contributed by atoms with Gasteiger partial charge in [0.1, 0.15) is 0 Å². The highest BCUT2D eigenvalue weighted by Gasteiger charge is 2.28. The zero-order chi connectivity index (χ0) is 18.9. The van der Waals surface area contributed by atoms with Crippen LogP contribution in [0.15, 0.2) is 36.5 Å². The number of hydrogen-bond donors (Lipinski definition) is 2. The number of nitrogens with one attached hydrogen (secondary N) is 2. The zero-order valence-electron chi connectivity index (χ0n) is 15.4. The number of amides is 1. The maximum absolute atomic E-state index is 12.5. The molecule has 10 heteroatoms. The maximum atomic E-state index is 12.5. The van der Waals surface area contributed by atoms with Crippen molar-refractivity contribution in [2.45, 2.75) is 25.3 Å². The summed E-state index contributed by atoms with van der Waals surface area (Å²) in [5.41, 5.74) is 1.47. The highest BCUT2D eigenvalue weighted by atomic mass is 35.5. The molecule has 152 valence electrons. The number of anilines is 2. The van der Waals surface area contributed by atoms with E-state index in [9.17, 15) is 13.2 Å². The monoisotopic (exact) mass is 425 g/mol. The zero-order valence-corrected chi connectivity index (χ0v) is 17.0. The number of hydrogen-bond acceptors (Lipinski definition) is 5. The van der Waals surface area contributed by atoms with Crippen molar-refractivity contribution in [2.24, 2.45) is 0 Å². The first-order valence-corrected chi connectivity index (χ1v) is 10.8. The molecule has 8 nitrogen and oxygen atoms in total. The Bertz CT molecular complexity index is 940. The molecule has 1 atom stereocenters. The molecule has 2 N–H and O–H groups in total. The Morgan fingerprint density at radius 3 is 2.82 bits per heavy atom.